The van der Waals surface area contributed by atoms with Gasteiger partial charge in [-0.1, -0.05) is 24.3 Å². The normalized spacial score (nSPS) is 16.2. The number of morpholine rings is 1. The molecule has 9 nitrogen and oxygen atoms in total. The number of carbonyl (C=O) groups excluding carboxylic acids is 1. The van der Waals surface area contributed by atoms with E-state index >= 15 is 0 Å². The molecular weight excluding hydrogens is 456 g/mol. The highest BCUT2D eigenvalue weighted by molar-refractivity contribution is 5.92. The van der Waals surface area contributed by atoms with Gasteiger partial charge in [0.1, 0.15) is 0 Å². The number of fused-ring (bicyclic) bond motifs is 3. The molecule has 4 heterocycles. The standard InChI is InChI=1S/C27H28N6O3/c34-26(31-35)21-14-28-27(29-15-21)33-7-6-22-23-13-20(4-5-24(23)30-25(22)17-33)19-3-1-2-18(12-19)16-32-8-10-36-11-9-32/h1-5,12-15,30,35H,6-11,16-17H2,(H,31,34). The number of hydrogen-bond donors (Lipinski definition) is 3. The van der Waals surface area contributed by atoms with Gasteiger partial charge in [0.25, 0.3) is 5.91 Å². The summed E-state index contributed by atoms with van der Waals surface area (Å²) < 4.78 is 5.48. The van der Waals surface area contributed by atoms with E-state index in [0.717, 1.165) is 57.0 Å². The van der Waals surface area contributed by atoms with Gasteiger partial charge in [-0.25, -0.2) is 15.4 Å². The summed E-state index contributed by atoms with van der Waals surface area (Å²) in [6.07, 6.45) is 3.72. The van der Waals surface area contributed by atoms with Crippen molar-refractivity contribution in [2.24, 2.45) is 0 Å². The highest BCUT2D eigenvalue weighted by atomic mass is 16.5. The molecule has 0 saturated carbocycles. The SMILES string of the molecule is O=C(NO)c1cnc(N2CCc3c([nH]c4ccc(-c5cccc(CN6CCOCC6)c5)cc34)C2)nc1. The molecule has 1 fully saturated rings. The Morgan fingerprint density at radius 3 is 2.67 bits per heavy atom. The average molecular weight is 485 g/mol. The van der Waals surface area contributed by atoms with E-state index in [9.17, 15) is 4.79 Å². The monoisotopic (exact) mass is 484 g/mol. The van der Waals surface area contributed by atoms with Crippen molar-refractivity contribution < 1.29 is 14.7 Å². The Morgan fingerprint density at radius 1 is 1.06 bits per heavy atom. The largest absolute Gasteiger partial charge is 0.379 e. The van der Waals surface area contributed by atoms with Gasteiger partial charge in [-0.2, -0.15) is 0 Å². The summed E-state index contributed by atoms with van der Waals surface area (Å²) in [5.74, 6) is -0.0629. The molecule has 6 rings (SSSR count). The zero-order chi connectivity index (χ0) is 24.5. The van der Waals surface area contributed by atoms with Gasteiger partial charge in [0, 0.05) is 55.2 Å². The van der Waals surface area contributed by atoms with Crippen molar-refractivity contribution in [3.63, 3.8) is 0 Å². The first-order valence-electron chi connectivity index (χ1n) is 12.2. The van der Waals surface area contributed by atoms with Crippen LogP contribution in [0.1, 0.15) is 27.2 Å². The number of benzene rings is 2. The highest BCUT2D eigenvalue weighted by Crippen LogP contribution is 2.32. The first kappa shape index (κ1) is 22.7. The van der Waals surface area contributed by atoms with Crippen LogP contribution in [0.4, 0.5) is 5.95 Å². The van der Waals surface area contributed by atoms with Crippen LogP contribution in [-0.4, -0.2) is 63.8 Å². The number of hydrogen-bond acceptors (Lipinski definition) is 7. The van der Waals surface area contributed by atoms with Crippen molar-refractivity contribution in [1.82, 2.24) is 25.3 Å². The van der Waals surface area contributed by atoms with Crippen LogP contribution in [0.2, 0.25) is 0 Å². The number of H-pyrrole nitrogens is 1. The lowest BCUT2D eigenvalue weighted by atomic mass is 9.98. The molecule has 3 N–H and O–H groups in total. The Morgan fingerprint density at radius 2 is 1.86 bits per heavy atom. The van der Waals surface area contributed by atoms with Gasteiger partial charge in [-0.05, 0) is 46.9 Å². The fourth-order valence-electron chi connectivity index (χ4n) is 5.12. The molecule has 36 heavy (non-hydrogen) atoms. The quantitative estimate of drug-likeness (QED) is 0.295. The molecule has 184 valence electrons. The number of aromatic nitrogens is 3. The molecule has 0 radical (unpaired) electrons. The number of nitrogens with one attached hydrogen (secondary N) is 2. The maximum absolute atomic E-state index is 11.5. The summed E-state index contributed by atoms with van der Waals surface area (Å²) in [5.41, 5.74) is 9.22. The molecule has 0 aliphatic carbocycles. The fraction of sp³-hybridized carbons (Fsp3) is 0.296. The number of nitrogens with zero attached hydrogens (tertiary/aromatic N) is 4. The minimum Gasteiger partial charge on any atom is -0.379 e. The molecule has 2 aliphatic heterocycles. The zero-order valence-corrected chi connectivity index (χ0v) is 19.9. The Hall–Kier alpha value is -3.79. The lowest BCUT2D eigenvalue weighted by Crippen LogP contribution is -2.35. The van der Waals surface area contributed by atoms with E-state index in [-0.39, 0.29) is 5.56 Å². The number of carbonyl (C=O) groups is 1. The number of aromatic amines is 1. The van der Waals surface area contributed by atoms with Gasteiger partial charge in [-0.15, -0.1) is 0 Å². The Bertz CT molecular complexity index is 1390. The average Bonchev–Trinajstić information content (AvgIpc) is 3.30. The highest BCUT2D eigenvalue weighted by Gasteiger charge is 2.23. The molecule has 4 aromatic rings. The maximum atomic E-state index is 11.5. The van der Waals surface area contributed by atoms with Gasteiger partial charge in [0.2, 0.25) is 5.95 Å². The molecule has 1 saturated heterocycles. The van der Waals surface area contributed by atoms with Crippen LogP contribution < -0.4 is 10.4 Å². The predicted octanol–water partition coefficient (Wildman–Crippen LogP) is 3.14. The molecule has 0 unspecified atom stereocenters. The minimum absolute atomic E-state index is 0.214. The number of ether oxygens (including phenoxy) is 1. The van der Waals surface area contributed by atoms with E-state index in [2.05, 4.69) is 67.2 Å². The van der Waals surface area contributed by atoms with Crippen LogP contribution in [0.15, 0.2) is 54.9 Å². The smallest absolute Gasteiger partial charge is 0.277 e. The van der Waals surface area contributed by atoms with Crippen LogP contribution in [0.3, 0.4) is 0 Å². The van der Waals surface area contributed by atoms with E-state index in [1.807, 2.05) is 0 Å². The molecule has 9 heteroatoms. The van der Waals surface area contributed by atoms with E-state index in [0.29, 0.717) is 12.5 Å². The minimum atomic E-state index is -0.625. The summed E-state index contributed by atoms with van der Waals surface area (Å²) in [6, 6.07) is 15.5. The molecular formula is C27H28N6O3. The van der Waals surface area contributed by atoms with Crippen LogP contribution in [0.5, 0.6) is 0 Å². The van der Waals surface area contributed by atoms with Crippen LogP contribution in [-0.2, 0) is 24.2 Å². The summed E-state index contributed by atoms with van der Waals surface area (Å²) in [4.78, 5) is 28.3. The number of amides is 1. The van der Waals surface area contributed by atoms with Crippen molar-refractivity contribution in [3.8, 4) is 11.1 Å². The molecule has 0 spiro atoms. The molecule has 2 aromatic heterocycles. The van der Waals surface area contributed by atoms with E-state index in [1.54, 1.807) is 5.48 Å². The van der Waals surface area contributed by atoms with Crippen molar-refractivity contribution in [3.05, 3.63) is 77.2 Å². The maximum Gasteiger partial charge on any atom is 0.277 e. The summed E-state index contributed by atoms with van der Waals surface area (Å²) in [5, 5.41) is 10.0. The fourth-order valence-corrected chi connectivity index (χ4v) is 5.12. The summed E-state index contributed by atoms with van der Waals surface area (Å²) in [6.45, 7) is 5.98. The third kappa shape index (κ3) is 4.44. The van der Waals surface area contributed by atoms with Crippen molar-refractivity contribution >= 4 is 22.8 Å². The van der Waals surface area contributed by atoms with Gasteiger partial charge < -0.3 is 14.6 Å². The number of hydroxylamine groups is 1. The van der Waals surface area contributed by atoms with Gasteiger partial charge >= 0.3 is 0 Å². The molecule has 0 atom stereocenters. The predicted molar refractivity (Wildman–Crippen MR) is 136 cm³/mol. The molecule has 0 bridgehead atoms. The topological polar surface area (TPSA) is 107 Å². The third-order valence-electron chi connectivity index (χ3n) is 7.03. The van der Waals surface area contributed by atoms with Crippen molar-refractivity contribution in [2.45, 2.75) is 19.5 Å². The first-order valence-corrected chi connectivity index (χ1v) is 12.2. The first-order chi connectivity index (χ1) is 17.7. The van der Waals surface area contributed by atoms with E-state index in [1.165, 1.54) is 40.0 Å². The lowest BCUT2D eigenvalue weighted by molar-refractivity contribution is 0.0342. The van der Waals surface area contributed by atoms with Gasteiger partial charge in [0.15, 0.2) is 0 Å². The second-order valence-corrected chi connectivity index (χ2v) is 9.32. The van der Waals surface area contributed by atoms with Gasteiger partial charge in [0.05, 0.1) is 25.3 Å². The van der Waals surface area contributed by atoms with Gasteiger partial charge in [-0.3, -0.25) is 14.9 Å². The Kier molecular flexibility index (Phi) is 6.10. The van der Waals surface area contributed by atoms with Crippen LogP contribution >= 0.6 is 0 Å². The van der Waals surface area contributed by atoms with Crippen LogP contribution in [0.25, 0.3) is 22.0 Å². The van der Waals surface area contributed by atoms with E-state index < -0.39 is 5.91 Å². The molecule has 2 aliphatic rings. The Labute approximate surface area is 208 Å². The second-order valence-electron chi connectivity index (χ2n) is 9.32. The lowest BCUT2D eigenvalue weighted by Gasteiger charge is -2.27. The van der Waals surface area contributed by atoms with Crippen molar-refractivity contribution in [2.75, 3.05) is 37.7 Å². The summed E-state index contributed by atoms with van der Waals surface area (Å²) >= 11 is 0. The third-order valence-corrected chi connectivity index (χ3v) is 7.03. The molecule has 1 amide bonds. The number of rotatable bonds is 5. The van der Waals surface area contributed by atoms with Crippen LogP contribution in [0, 0.1) is 0 Å². The zero-order valence-electron chi connectivity index (χ0n) is 19.9. The molecule has 2 aromatic carbocycles. The van der Waals surface area contributed by atoms with Crippen molar-refractivity contribution in [1.29, 1.82) is 0 Å². The van der Waals surface area contributed by atoms with E-state index in [4.69, 9.17) is 9.94 Å². The second kappa shape index (κ2) is 9.69. The Balaban J connectivity index is 1.23. The summed E-state index contributed by atoms with van der Waals surface area (Å²) in [7, 11) is 0. The number of anilines is 1.